The summed E-state index contributed by atoms with van der Waals surface area (Å²) in [7, 11) is 0. The number of nitrogens with one attached hydrogen (secondary N) is 1. The molecule has 4 nitrogen and oxygen atoms in total. The van der Waals surface area contributed by atoms with Crippen molar-refractivity contribution in [3.05, 3.63) is 45.4 Å². The van der Waals surface area contributed by atoms with Gasteiger partial charge in [0.05, 0.1) is 5.01 Å². The second-order valence-electron chi connectivity index (χ2n) is 4.40. The maximum absolute atomic E-state index is 9.83. The molecule has 0 aliphatic rings. The van der Waals surface area contributed by atoms with Gasteiger partial charge in [0.1, 0.15) is 18.5 Å². The highest BCUT2D eigenvalue weighted by atomic mass is 35.5. The van der Waals surface area contributed by atoms with Crippen LogP contribution < -0.4 is 10.1 Å². The monoisotopic (exact) mass is 312 g/mol. The molecular formula is C14H17ClN2O2S. The minimum Gasteiger partial charge on any atom is -0.491 e. The lowest BCUT2D eigenvalue weighted by Crippen LogP contribution is -2.30. The fourth-order valence-electron chi connectivity index (χ4n) is 1.66. The largest absolute Gasteiger partial charge is 0.491 e. The van der Waals surface area contributed by atoms with Gasteiger partial charge in [0.25, 0.3) is 0 Å². The van der Waals surface area contributed by atoms with E-state index in [1.165, 1.54) is 0 Å². The average Bonchev–Trinajstić information content (AvgIpc) is 2.82. The zero-order valence-electron chi connectivity index (χ0n) is 11.2. The van der Waals surface area contributed by atoms with Gasteiger partial charge < -0.3 is 15.2 Å². The van der Waals surface area contributed by atoms with Gasteiger partial charge in [-0.3, -0.25) is 0 Å². The Balaban J connectivity index is 1.66. The molecule has 2 rings (SSSR count). The van der Waals surface area contributed by atoms with Gasteiger partial charge in [-0.25, -0.2) is 4.98 Å². The van der Waals surface area contributed by atoms with Crippen molar-refractivity contribution in [3.63, 3.8) is 0 Å². The first-order valence-corrected chi connectivity index (χ1v) is 7.51. The number of aromatic nitrogens is 1. The van der Waals surface area contributed by atoms with Crippen LogP contribution in [0.15, 0.2) is 30.5 Å². The Hall–Kier alpha value is -1.14. The van der Waals surface area contributed by atoms with Gasteiger partial charge >= 0.3 is 0 Å². The van der Waals surface area contributed by atoms with Gasteiger partial charge in [-0.1, -0.05) is 17.7 Å². The number of nitrogens with zero attached hydrogens (tertiary/aromatic N) is 1. The van der Waals surface area contributed by atoms with Gasteiger partial charge in [0.15, 0.2) is 0 Å². The molecule has 0 aliphatic heterocycles. The van der Waals surface area contributed by atoms with Crippen LogP contribution in [0.2, 0.25) is 5.02 Å². The highest BCUT2D eigenvalue weighted by molar-refractivity contribution is 7.11. The predicted molar refractivity (Wildman–Crippen MR) is 81.5 cm³/mol. The molecule has 1 aromatic carbocycles. The lowest BCUT2D eigenvalue weighted by molar-refractivity contribution is 0.106. The summed E-state index contributed by atoms with van der Waals surface area (Å²) in [5, 5.41) is 14.7. The molecule has 108 valence electrons. The van der Waals surface area contributed by atoms with E-state index in [1.807, 2.05) is 25.3 Å². The van der Waals surface area contributed by atoms with Crippen LogP contribution in [0, 0.1) is 6.92 Å². The van der Waals surface area contributed by atoms with Crippen LogP contribution in [0.25, 0.3) is 0 Å². The fourth-order valence-corrected chi connectivity index (χ4v) is 2.60. The van der Waals surface area contributed by atoms with Crippen LogP contribution in [-0.2, 0) is 6.54 Å². The summed E-state index contributed by atoms with van der Waals surface area (Å²) >= 11 is 7.50. The molecule has 0 saturated carbocycles. The van der Waals surface area contributed by atoms with E-state index in [4.69, 9.17) is 16.3 Å². The fraction of sp³-hybridized carbons (Fsp3) is 0.357. The Kier molecular flexibility index (Phi) is 5.79. The third kappa shape index (κ3) is 5.09. The van der Waals surface area contributed by atoms with E-state index >= 15 is 0 Å². The maximum Gasteiger partial charge on any atom is 0.120 e. The lowest BCUT2D eigenvalue weighted by atomic mass is 10.3. The minimum absolute atomic E-state index is 0.231. The summed E-state index contributed by atoms with van der Waals surface area (Å²) in [4.78, 5) is 5.34. The smallest absolute Gasteiger partial charge is 0.120 e. The summed E-state index contributed by atoms with van der Waals surface area (Å²) < 4.78 is 5.47. The molecular weight excluding hydrogens is 296 g/mol. The van der Waals surface area contributed by atoms with E-state index in [0.29, 0.717) is 23.9 Å². The number of halogens is 1. The van der Waals surface area contributed by atoms with Gasteiger partial charge in [-0.15, -0.1) is 11.3 Å². The topological polar surface area (TPSA) is 54.4 Å². The number of hydrogen-bond acceptors (Lipinski definition) is 5. The van der Waals surface area contributed by atoms with Crippen molar-refractivity contribution in [2.45, 2.75) is 19.6 Å². The molecule has 1 heterocycles. The van der Waals surface area contributed by atoms with Crippen molar-refractivity contribution in [3.8, 4) is 5.75 Å². The van der Waals surface area contributed by atoms with Crippen molar-refractivity contribution in [1.29, 1.82) is 0 Å². The predicted octanol–water partition coefficient (Wildman–Crippen LogP) is 2.63. The summed E-state index contributed by atoms with van der Waals surface area (Å²) in [6.45, 7) is 3.38. The van der Waals surface area contributed by atoms with E-state index in [9.17, 15) is 5.11 Å². The van der Waals surface area contributed by atoms with E-state index in [1.54, 1.807) is 23.5 Å². The SMILES string of the molecule is Cc1ncc(CNCC(O)COc2cccc(Cl)c2)s1. The van der Waals surface area contributed by atoms with Gasteiger partial charge in [-0.05, 0) is 25.1 Å². The molecule has 0 bridgehead atoms. The molecule has 0 radical (unpaired) electrons. The Morgan fingerprint density at radius 3 is 3.05 bits per heavy atom. The molecule has 2 aromatic rings. The summed E-state index contributed by atoms with van der Waals surface area (Å²) in [5.41, 5.74) is 0. The average molecular weight is 313 g/mol. The van der Waals surface area contributed by atoms with Crippen molar-refractivity contribution in [2.75, 3.05) is 13.2 Å². The Bertz CT molecular complexity index is 547. The standard InChI is InChI=1S/C14H17ClN2O2S/c1-10-17-8-14(20-10)7-16-6-12(18)9-19-13-4-2-3-11(15)5-13/h2-5,8,12,16,18H,6-7,9H2,1H3. The molecule has 1 atom stereocenters. The van der Waals surface area contributed by atoms with Crippen LogP contribution in [-0.4, -0.2) is 29.3 Å². The lowest BCUT2D eigenvalue weighted by Gasteiger charge is -2.13. The molecule has 0 saturated heterocycles. The zero-order chi connectivity index (χ0) is 14.4. The third-order valence-corrected chi connectivity index (χ3v) is 3.73. The van der Waals surface area contributed by atoms with E-state index in [2.05, 4.69) is 10.3 Å². The summed E-state index contributed by atoms with van der Waals surface area (Å²) in [6.07, 6.45) is 1.28. The van der Waals surface area contributed by atoms with Crippen molar-refractivity contribution in [2.24, 2.45) is 0 Å². The molecule has 0 amide bonds. The highest BCUT2D eigenvalue weighted by Gasteiger charge is 2.06. The molecule has 1 aromatic heterocycles. The Morgan fingerprint density at radius 2 is 2.35 bits per heavy atom. The Morgan fingerprint density at radius 1 is 1.50 bits per heavy atom. The highest BCUT2D eigenvalue weighted by Crippen LogP contribution is 2.17. The van der Waals surface area contributed by atoms with E-state index in [-0.39, 0.29) is 6.61 Å². The van der Waals surface area contributed by atoms with Crippen molar-refractivity contribution < 1.29 is 9.84 Å². The van der Waals surface area contributed by atoms with Crippen LogP contribution in [0.4, 0.5) is 0 Å². The number of benzene rings is 1. The first kappa shape index (κ1) is 15.3. The van der Waals surface area contributed by atoms with Crippen LogP contribution in [0.1, 0.15) is 9.88 Å². The number of rotatable bonds is 7. The van der Waals surface area contributed by atoms with Gasteiger partial charge in [0, 0.05) is 29.2 Å². The first-order chi connectivity index (χ1) is 9.63. The number of hydrogen-bond donors (Lipinski definition) is 2. The third-order valence-electron chi connectivity index (χ3n) is 2.59. The molecule has 1 unspecified atom stereocenters. The van der Waals surface area contributed by atoms with Crippen LogP contribution >= 0.6 is 22.9 Å². The Labute approximate surface area is 127 Å². The summed E-state index contributed by atoms with van der Waals surface area (Å²) in [6, 6.07) is 7.13. The zero-order valence-corrected chi connectivity index (χ0v) is 12.7. The van der Waals surface area contributed by atoms with E-state index in [0.717, 1.165) is 9.88 Å². The second-order valence-corrected chi connectivity index (χ2v) is 6.15. The number of ether oxygens (including phenoxy) is 1. The summed E-state index contributed by atoms with van der Waals surface area (Å²) in [5.74, 6) is 0.662. The number of aliphatic hydroxyl groups excluding tert-OH is 1. The first-order valence-electron chi connectivity index (χ1n) is 6.32. The molecule has 0 spiro atoms. The quantitative estimate of drug-likeness (QED) is 0.825. The molecule has 0 aliphatic carbocycles. The molecule has 0 fully saturated rings. The maximum atomic E-state index is 9.83. The van der Waals surface area contributed by atoms with Gasteiger partial charge in [-0.2, -0.15) is 0 Å². The molecule has 6 heteroatoms. The number of aryl methyl sites for hydroxylation is 1. The van der Waals surface area contributed by atoms with Crippen LogP contribution in [0.5, 0.6) is 5.75 Å². The second kappa shape index (κ2) is 7.59. The molecule has 20 heavy (non-hydrogen) atoms. The van der Waals surface area contributed by atoms with Gasteiger partial charge in [0.2, 0.25) is 0 Å². The normalized spacial score (nSPS) is 12.3. The van der Waals surface area contributed by atoms with Crippen molar-refractivity contribution >= 4 is 22.9 Å². The number of thiazole rings is 1. The van der Waals surface area contributed by atoms with Crippen molar-refractivity contribution in [1.82, 2.24) is 10.3 Å². The molecule has 2 N–H and O–H groups in total. The van der Waals surface area contributed by atoms with Crippen LogP contribution in [0.3, 0.4) is 0 Å². The number of aliphatic hydroxyl groups is 1. The minimum atomic E-state index is -0.567. The van der Waals surface area contributed by atoms with E-state index < -0.39 is 6.10 Å².